The molecule has 0 saturated carbocycles. The third-order valence-electron chi connectivity index (χ3n) is 3.18. The van der Waals surface area contributed by atoms with Crippen molar-refractivity contribution in [1.29, 1.82) is 0 Å². The van der Waals surface area contributed by atoms with Gasteiger partial charge in [-0.25, -0.2) is 0 Å². The third-order valence-corrected chi connectivity index (χ3v) is 3.18. The van der Waals surface area contributed by atoms with Gasteiger partial charge >= 0.3 is 0 Å². The average Bonchev–Trinajstić information content (AvgIpc) is 2.24. The lowest BCUT2D eigenvalue weighted by Crippen LogP contribution is -2.50. The van der Waals surface area contributed by atoms with Crippen molar-refractivity contribution in [2.75, 3.05) is 41.3 Å². The first-order valence-electron chi connectivity index (χ1n) is 6.40. The summed E-state index contributed by atoms with van der Waals surface area (Å²) in [7, 11) is 8.16. The van der Waals surface area contributed by atoms with E-state index in [-0.39, 0.29) is 5.91 Å². The molecule has 0 saturated heterocycles. The first-order chi connectivity index (χ1) is 7.79. The molecule has 0 radical (unpaired) electrons. The second-order valence-corrected chi connectivity index (χ2v) is 5.30. The molecule has 0 aliphatic rings. The Morgan fingerprint density at radius 2 is 1.59 bits per heavy atom. The lowest BCUT2D eigenvalue weighted by molar-refractivity contribution is -0.130. The molecule has 1 amide bonds. The summed E-state index contributed by atoms with van der Waals surface area (Å²) in [6.07, 6.45) is 0.580. The summed E-state index contributed by atoms with van der Waals surface area (Å²) in [4.78, 5) is 18.0. The molecular formula is C13H29N3O. The Hall–Kier alpha value is -0.610. The SMILES string of the molecule is CCC(=O)N(C)CC(CN(C)C)N(C)C(C)C. The van der Waals surface area contributed by atoms with Gasteiger partial charge in [-0.15, -0.1) is 0 Å². The van der Waals surface area contributed by atoms with Crippen molar-refractivity contribution in [2.45, 2.75) is 39.3 Å². The molecule has 0 aromatic carbocycles. The maximum Gasteiger partial charge on any atom is 0.222 e. The van der Waals surface area contributed by atoms with Crippen LogP contribution in [0.4, 0.5) is 0 Å². The Morgan fingerprint density at radius 1 is 1.06 bits per heavy atom. The molecule has 0 spiro atoms. The van der Waals surface area contributed by atoms with E-state index in [1.54, 1.807) is 0 Å². The quantitative estimate of drug-likeness (QED) is 0.670. The molecule has 1 atom stereocenters. The number of nitrogens with zero attached hydrogens (tertiary/aromatic N) is 3. The Bertz CT molecular complexity index is 229. The van der Waals surface area contributed by atoms with Gasteiger partial charge in [0.15, 0.2) is 0 Å². The zero-order valence-corrected chi connectivity index (χ0v) is 12.5. The summed E-state index contributed by atoms with van der Waals surface area (Å²) in [6.45, 7) is 8.04. The molecule has 0 aromatic rings. The molecule has 0 fully saturated rings. The summed E-state index contributed by atoms with van der Waals surface area (Å²) in [5.74, 6) is 0.214. The van der Waals surface area contributed by atoms with Gasteiger partial charge in [-0.3, -0.25) is 9.69 Å². The molecule has 0 aliphatic carbocycles. The van der Waals surface area contributed by atoms with E-state index in [1.807, 2.05) is 18.9 Å². The van der Waals surface area contributed by atoms with Gasteiger partial charge in [0.1, 0.15) is 0 Å². The minimum Gasteiger partial charge on any atom is -0.344 e. The third kappa shape index (κ3) is 6.03. The van der Waals surface area contributed by atoms with Crippen LogP contribution in [-0.2, 0) is 4.79 Å². The van der Waals surface area contributed by atoms with Crippen molar-refractivity contribution < 1.29 is 4.79 Å². The van der Waals surface area contributed by atoms with Crippen molar-refractivity contribution in [2.24, 2.45) is 0 Å². The molecule has 102 valence electrons. The number of rotatable bonds is 7. The van der Waals surface area contributed by atoms with Gasteiger partial charge in [-0.2, -0.15) is 0 Å². The van der Waals surface area contributed by atoms with E-state index in [4.69, 9.17) is 0 Å². The topological polar surface area (TPSA) is 26.8 Å². The van der Waals surface area contributed by atoms with Crippen LogP contribution in [0.2, 0.25) is 0 Å². The first-order valence-corrected chi connectivity index (χ1v) is 6.40. The van der Waals surface area contributed by atoms with E-state index in [2.05, 4.69) is 44.8 Å². The number of carbonyl (C=O) groups excluding carboxylic acids is 1. The van der Waals surface area contributed by atoms with Crippen molar-refractivity contribution in [3.63, 3.8) is 0 Å². The van der Waals surface area contributed by atoms with Crippen molar-refractivity contribution in [3.05, 3.63) is 0 Å². The summed E-state index contributed by atoms with van der Waals surface area (Å²) >= 11 is 0. The maximum atomic E-state index is 11.6. The molecule has 0 aliphatic heterocycles. The van der Waals surface area contributed by atoms with Crippen LogP contribution >= 0.6 is 0 Å². The molecule has 0 rings (SSSR count). The van der Waals surface area contributed by atoms with Gasteiger partial charge in [0.25, 0.3) is 0 Å². The normalized spacial score (nSPS) is 13.5. The van der Waals surface area contributed by atoms with Crippen LogP contribution in [0.3, 0.4) is 0 Å². The predicted molar refractivity (Wildman–Crippen MR) is 73.2 cm³/mol. The van der Waals surface area contributed by atoms with E-state index < -0.39 is 0 Å². The van der Waals surface area contributed by atoms with Crippen LogP contribution in [-0.4, -0.2) is 74.0 Å². The standard InChI is InChI=1S/C13H29N3O/c1-8-13(17)15(6)10-12(9-14(4)5)16(7)11(2)3/h11-12H,8-10H2,1-7H3. The zero-order valence-electron chi connectivity index (χ0n) is 12.5. The van der Waals surface area contributed by atoms with Crippen LogP contribution in [0.25, 0.3) is 0 Å². The summed E-state index contributed by atoms with van der Waals surface area (Å²) < 4.78 is 0. The Morgan fingerprint density at radius 3 is 1.94 bits per heavy atom. The minimum absolute atomic E-state index is 0.214. The first kappa shape index (κ1) is 16.4. The minimum atomic E-state index is 0.214. The number of amides is 1. The summed E-state index contributed by atoms with van der Waals surface area (Å²) in [6, 6.07) is 0.871. The van der Waals surface area contributed by atoms with Gasteiger partial charge in [0, 0.05) is 38.6 Å². The maximum absolute atomic E-state index is 11.6. The van der Waals surface area contributed by atoms with Gasteiger partial charge in [-0.05, 0) is 35.0 Å². The molecule has 0 N–H and O–H groups in total. The number of likely N-dealkylation sites (N-methyl/N-ethyl adjacent to an activating group) is 3. The second kappa shape index (κ2) is 7.67. The summed E-state index contributed by atoms with van der Waals surface area (Å²) in [5.41, 5.74) is 0. The van der Waals surface area contributed by atoms with E-state index in [0.717, 1.165) is 13.1 Å². The van der Waals surface area contributed by atoms with Gasteiger partial charge in [0.05, 0.1) is 0 Å². The average molecular weight is 243 g/mol. The Balaban J connectivity index is 4.53. The monoisotopic (exact) mass is 243 g/mol. The van der Waals surface area contributed by atoms with Gasteiger partial charge in [-0.1, -0.05) is 6.92 Å². The van der Waals surface area contributed by atoms with Gasteiger partial charge in [0.2, 0.25) is 5.91 Å². The fourth-order valence-electron chi connectivity index (χ4n) is 1.85. The predicted octanol–water partition coefficient (Wildman–Crippen LogP) is 1.13. The summed E-state index contributed by atoms with van der Waals surface area (Å²) in [5, 5.41) is 0. The number of hydrogen-bond donors (Lipinski definition) is 0. The Labute approximate surface area is 107 Å². The van der Waals surface area contributed by atoms with Crippen molar-refractivity contribution >= 4 is 5.91 Å². The molecule has 4 heteroatoms. The lowest BCUT2D eigenvalue weighted by atomic mass is 10.2. The second-order valence-electron chi connectivity index (χ2n) is 5.30. The van der Waals surface area contributed by atoms with Crippen LogP contribution in [0.1, 0.15) is 27.2 Å². The van der Waals surface area contributed by atoms with E-state index >= 15 is 0 Å². The Kier molecular flexibility index (Phi) is 7.39. The molecule has 1 unspecified atom stereocenters. The highest BCUT2D eigenvalue weighted by Gasteiger charge is 2.21. The van der Waals surface area contributed by atoms with Crippen molar-refractivity contribution in [1.82, 2.24) is 14.7 Å². The van der Waals surface area contributed by atoms with Crippen LogP contribution in [0, 0.1) is 0 Å². The lowest BCUT2D eigenvalue weighted by Gasteiger charge is -2.35. The highest BCUT2D eigenvalue weighted by atomic mass is 16.2. The molecule has 0 heterocycles. The molecule has 0 bridgehead atoms. The highest BCUT2D eigenvalue weighted by molar-refractivity contribution is 5.75. The number of carbonyl (C=O) groups is 1. The van der Waals surface area contributed by atoms with Crippen LogP contribution < -0.4 is 0 Å². The van der Waals surface area contributed by atoms with Crippen molar-refractivity contribution in [3.8, 4) is 0 Å². The van der Waals surface area contributed by atoms with E-state index in [9.17, 15) is 4.79 Å². The van der Waals surface area contributed by atoms with E-state index in [1.165, 1.54) is 0 Å². The molecule has 4 nitrogen and oxygen atoms in total. The smallest absolute Gasteiger partial charge is 0.222 e. The molecule has 0 aromatic heterocycles. The van der Waals surface area contributed by atoms with E-state index in [0.29, 0.717) is 18.5 Å². The molecule has 17 heavy (non-hydrogen) atoms. The largest absolute Gasteiger partial charge is 0.344 e. The zero-order chi connectivity index (χ0) is 13.6. The van der Waals surface area contributed by atoms with Crippen LogP contribution in [0.15, 0.2) is 0 Å². The number of hydrogen-bond acceptors (Lipinski definition) is 3. The van der Waals surface area contributed by atoms with Gasteiger partial charge < -0.3 is 9.80 Å². The highest BCUT2D eigenvalue weighted by Crippen LogP contribution is 2.06. The van der Waals surface area contributed by atoms with Crippen LogP contribution in [0.5, 0.6) is 0 Å². The fourth-order valence-corrected chi connectivity index (χ4v) is 1.85. The molecular weight excluding hydrogens is 214 g/mol. The fraction of sp³-hybridized carbons (Fsp3) is 0.923.